The fourth-order valence-electron chi connectivity index (χ4n) is 2.23. The fraction of sp³-hybridized carbons (Fsp3) is 0.188. The Hall–Kier alpha value is -2.82. The highest BCUT2D eigenvalue weighted by Gasteiger charge is 2.31. The number of halogens is 4. The van der Waals surface area contributed by atoms with E-state index in [1.165, 1.54) is 43.8 Å². The van der Waals surface area contributed by atoms with Gasteiger partial charge in [0.1, 0.15) is 6.54 Å². The molecule has 0 saturated heterocycles. The molecule has 140 valence electrons. The summed E-state index contributed by atoms with van der Waals surface area (Å²) in [6.07, 6.45) is -1.61. The van der Waals surface area contributed by atoms with E-state index in [4.69, 9.17) is 0 Å². The molecule has 0 unspecified atom stereocenters. The normalized spacial score (nSPS) is 11.4. The number of alkyl halides is 3. The summed E-state index contributed by atoms with van der Waals surface area (Å²) >= 11 is 3.18. The van der Waals surface area contributed by atoms with Crippen molar-refractivity contribution in [2.75, 3.05) is 7.11 Å². The largest absolute Gasteiger partial charge is 0.465 e. The Morgan fingerprint density at radius 3 is 2.33 bits per heavy atom. The van der Waals surface area contributed by atoms with Crippen LogP contribution in [0.25, 0.3) is 23.0 Å². The van der Waals surface area contributed by atoms with Gasteiger partial charge in [0.2, 0.25) is 5.82 Å². The van der Waals surface area contributed by atoms with Crippen LogP contribution in [0.5, 0.6) is 0 Å². The maximum Gasteiger partial charge on any atom is 0.408 e. The highest BCUT2D eigenvalue weighted by molar-refractivity contribution is 9.10. The topological polar surface area (TPSA) is 82.8 Å². The number of hydrogen-bond donors (Lipinski definition) is 0. The van der Waals surface area contributed by atoms with Gasteiger partial charge < -0.3 is 4.74 Å². The monoisotopic (exact) mass is 441 g/mol. The molecule has 1 aromatic carbocycles. The van der Waals surface area contributed by atoms with E-state index in [1.54, 1.807) is 0 Å². The Morgan fingerprint density at radius 2 is 1.78 bits per heavy atom. The molecule has 0 spiro atoms. The van der Waals surface area contributed by atoms with Gasteiger partial charge in [-0.15, -0.1) is 5.10 Å². The average molecular weight is 442 g/mol. The zero-order valence-corrected chi connectivity index (χ0v) is 15.3. The molecular weight excluding hydrogens is 431 g/mol. The number of aromatic nitrogens is 5. The first-order chi connectivity index (χ1) is 12.8. The van der Waals surface area contributed by atoms with Crippen LogP contribution in [0.15, 0.2) is 41.1 Å². The van der Waals surface area contributed by atoms with Gasteiger partial charge in [-0.1, -0.05) is 12.1 Å². The van der Waals surface area contributed by atoms with Gasteiger partial charge in [0, 0.05) is 18.0 Å². The van der Waals surface area contributed by atoms with Crippen molar-refractivity contribution in [3.63, 3.8) is 0 Å². The first-order valence-electron chi connectivity index (χ1n) is 7.45. The second kappa shape index (κ2) is 7.43. The molecule has 0 aliphatic carbocycles. The summed E-state index contributed by atoms with van der Waals surface area (Å²) in [6.45, 7) is -1.33. The zero-order valence-electron chi connectivity index (χ0n) is 13.7. The minimum atomic E-state index is -4.49. The predicted octanol–water partition coefficient (Wildman–Crippen LogP) is 3.51. The molecule has 3 aromatic rings. The van der Waals surface area contributed by atoms with Crippen molar-refractivity contribution >= 4 is 21.9 Å². The highest BCUT2D eigenvalue weighted by atomic mass is 79.9. The van der Waals surface area contributed by atoms with Crippen molar-refractivity contribution in [1.82, 2.24) is 24.7 Å². The van der Waals surface area contributed by atoms with Crippen molar-refractivity contribution < 1.29 is 22.7 Å². The Bertz CT molecular complexity index is 956. The van der Waals surface area contributed by atoms with Gasteiger partial charge in [0.15, 0.2) is 11.6 Å². The van der Waals surface area contributed by atoms with Crippen molar-refractivity contribution in [3.8, 4) is 23.0 Å². The van der Waals surface area contributed by atoms with Gasteiger partial charge in [-0.05, 0) is 28.1 Å². The quantitative estimate of drug-likeness (QED) is 0.576. The Labute approximate surface area is 159 Å². The number of esters is 1. The molecule has 0 saturated carbocycles. The summed E-state index contributed by atoms with van der Waals surface area (Å²) in [7, 11) is 1.24. The Kier molecular flexibility index (Phi) is 5.22. The molecule has 2 aromatic heterocycles. The molecule has 2 heterocycles. The molecule has 0 fully saturated rings. The summed E-state index contributed by atoms with van der Waals surface area (Å²) < 4.78 is 44.7. The number of methoxy groups -OCH3 is 1. The lowest BCUT2D eigenvalue weighted by atomic mass is 10.1. The molecule has 3 rings (SSSR count). The molecule has 0 bridgehead atoms. The molecular formula is C16H11BrF3N5O2. The van der Waals surface area contributed by atoms with E-state index in [1.807, 2.05) is 0 Å². The minimum Gasteiger partial charge on any atom is -0.465 e. The van der Waals surface area contributed by atoms with Crippen LogP contribution in [0.3, 0.4) is 0 Å². The third-order valence-corrected chi connectivity index (χ3v) is 3.79. The van der Waals surface area contributed by atoms with Crippen molar-refractivity contribution in [3.05, 3.63) is 46.7 Å². The second-order valence-corrected chi connectivity index (χ2v) is 6.24. The van der Waals surface area contributed by atoms with Crippen LogP contribution in [0, 0.1) is 0 Å². The minimum absolute atomic E-state index is 0.0229. The van der Waals surface area contributed by atoms with Gasteiger partial charge in [-0.3, -0.25) is 0 Å². The summed E-state index contributed by atoms with van der Waals surface area (Å²) in [4.78, 5) is 23.7. The molecule has 0 aliphatic rings. The van der Waals surface area contributed by atoms with Crippen LogP contribution in [-0.2, 0) is 11.3 Å². The lowest BCUT2D eigenvalue weighted by Crippen LogP contribution is -2.19. The smallest absolute Gasteiger partial charge is 0.408 e. The SMILES string of the molecule is COC(=O)c1ccc(-c2nc(-c3ncc(Br)cn3)nn2CC(F)(F)F)cc1. The van der Waals surface area contributed by atoms with E-state index >= 15 is 0 Å². The van der Waals surface area contributed by atoms with Crippen LogP contribution in [0.1, 0.15) is 10.4 Å². The van der Waals surface area contributed by atoms with Crippen LogP contribution >= 0.6 is 15.9 Å². The predicted molar refractivity (Wildman–Crippen MR) is 91.6 cm³/mol. The third kappa shape index (κ3) is 4.48. The molecule has 0 amide bonds. The number of ether oxygens (including phenoxy) is 1. The van der Waals surface area contributed by atoms with Crippen LogP contribution in [0.2, 0.25) is 0 Å². The van der Waals surface area contributed by atoms with Crippen LogP contribution in [-0.4, -0.2) is 44.0 Å². The molecule has 0 aliphatic heterocycles. The molecule has 0 N–H and O–H groups in total. The summed E-state index contributed by atoms with van der Waals surface area (Å²) in [6, 6.07) is 5.80. The molecule has 0 radical (unpaired) electrons. The van der Waals surface area contributed by atoms with Gasteiger partial charge in [-0.2, -0.15) is 13.2 Å². The van der Waals surface area contributed by atoms with Crippen molar-refractivity contribution in [1.29, 1.82) is 0 Å². The summed E-state index contributed by atoms with van der Waals surface area (Å²) in [5.74, 6) is -0.530. The first-order valence-corrected chi connectivity index (χ1v) is 8.24. The van der Waals surface area contributed by atoms with Gasteiger partial charge >= 0.3 is 12.1 Å². The van der Waals surface area contributed by atoms with Gasteiger partial charge in [-0.25, -0.2) is 24.4 Å². The molecule has 11 heteroatoms. The van der Waals surface area contributed by atoms with Crippen LogP contribution < -0.4 is 0 Å². The molecule has 0 atom stereocenters. The van der Waals surface area contributed by atoms with E-state index in [0.29, 0.717) is 10.0 Å². The van der Waals surface area contributed by atoms with E-state index in [2.05, 4.69) is 40.7 Å². The van der Waals surface area contributed by atoms with Gasteiger partial charge in [0.25, 0.3) is 0 Å². The first kappa shape index (κ1) is 19.0. The lowest BCUT2D eigenvalue weighted by Gasteiger charge is -2.09. The van der Waals surface area contributed by atoms with Crippen LogP contribution in [0.4, 0.5) is 13.2 Å². The van der Waals surface area contributed by atoms with E-state index in [0.717, 1.165) is 4.68 Å². The zero-order chi connectivity index (χ0) is 19.6. The number of rotatable bonds is 4. The Balaban J connectivity index is 2.04. The fourth-order valence-corrected chi connectivity index (χ4v) is 2.44. The highest BCUT2D eigenvalue weighted by Crippen LogP contribution is 2.25. The summed E-state index contributed by atoms with van der Waals surface area (Å²) in [5, 5.41) is 3.90. The third-order valence-electron chi connectivity index (χ3n) is 3.39. The second-order valence-electron chi connectivity index (χ2n) is 5.33. The van der Waals surface area contributed by atoms with E-state index in [9.17, 15) is 18.0 Å². The number of carbonyl (C=O) groups excluding carboxylic acids is 1. The van der Waals surface area contributed by atoms with E-state index in [-0.39, 0.29) is 23.0 Å². The average Bonchev–Trinajstić information content (AvgIpc) is 3.03. The molecule has 7 nitrogen and oxygen atoms in total. The maximum atomic E-state index is 12.9. The van der Waals surface area contributed by atoms with Gasteiger partial charge in [0.05, 0.1) is 17.1 Å². The number of hydrogen-bond acceptors (Lipinski definition) is 6. The summed E-state index contributed by atoms with van der Waals surface area (Å²) in [5.41, 5.74) is 0.613. The standard InChI is InChI=1S/C16H11BrF3N5O2/c1-27-15(26)10-4-2-9(3-5-10)14-23-13(12-21-6-11(17)7-22-12)24-25(14)8-16(18,19)20/h2-7H,8H2,1H3. The lowest BCUT2D eigenvalue weighted by molar-refractivity contribution is -0.142. The maximum absolute atomic E-state index is 12.9. The Morgan fingerprint density at radius 1 is 1.15 bits per heavy atom. The van der Waals surface area contributed by atoms with Crippen molar-refractivity contribution in [2.45, 2.75) is 12.7 Å². The molecule has 27 heavy (non-hydrogen) atoms. The van der Waals surface area contributed by atoms with Crippen molar-refractivity contribution in [2.24, 2.45) is 0 Å². The number of benzene rings is 1. The number of carbonyl (C=O) groups is 1. The number of nitrogens with zero attached hydrogens (tertiary/aromatic N) is 5. The van der Waals surface area contributed by atoms with E-state index < -0.39 is 18.7 Å².